The summed E-state index contributed by atoms with van der Waals surface area (Å²) >= 11 is 0. The Balaban J connectivity index is 1.66. The molecule has 0 fully saturated rings. The standard InChI is InChI=1S/C30H25NO3/c1-19-11-13-21(14-12-19)25-16-23(15-22-17-28(33-2)29(34-3)18-26(22)25)30(32)31-27-10-6-8-20-7-4-5-9-24(20)27/h4-18H,1-3H3,(H,31,32). The molecule has 0 radical (unpaired) electrons. The van der Waals surface area contributed by atoms with Crippen LogP contribution in [0.1, 0.15) is 15.9 Å². The Morgan fingerprint density at radius 1 is 0.706 bits per heavy atom. The lowest BCUT2D eigenvalue weighted by Gasteiger charge is -2.15. The summed E-state index contributed by atoms with van der Waals surface area (Å²) in [4.78, 5) is 13.4. The van der Waals surface area contributed by atoms with E-state index in [-0.39, 0.29) is 5.91 Å². The zero-order valence-electron chi connectivity index (χ0n) is 19.4. The molecule has 4 nitrogen and oxygen atoms in total. The molecule has 34 heavy (non-hydrogen) atoms. The van der Waals surface area contributed by atoms with E-state index in [4.69, 9.17) is 9.47 Å². The Bertz CT molecular complexity index is 1520. The van der Waals surface area contributed by atoms with E-state index in [1.165, 1.54) is 5.56 Å². The molecule has 0 heterocycles. The monoisotopic (exact) mass is 447 g/mol. The second kappa shape index (κ2) is 8.91. The van der Waals surface area contributed by atoms with Gasteiger partial charge in [-0.1, -0.05) is 66.2 Å². The molecule has 1 N–H and O–H groups in total. The number of rotatable bonds is 5. The smallest absolute Gasteiger partial charge is 0.255 e. The van der Waals surface area contributed by atoms with E-state index < -0.39 is 0 Å². The fourth-order valence-electron chi connectivity index (χ4n) is 4.32. The molecule has 4 heteroatoms. The lowest BCUT2D eigenvalue weighted by Crippen LogP contribution is -2.12. The van der Waals surface area contributed by atoms with Crippen molar-refractivity contribution in [1.82, 2.24) is 0 Å². The van der Waals surface area contributed by atoms with Crippen molar-refractivity contribution in [2.45, 2.75) is 6.92 Å². The van der Waals surface area contributed by atoms with Gasteiger partial charge < -0.3 is 14.8 Å². The van der Waals surface area contributed by atoms with Crippen LogP contribution < -0.4 is 14.8 Å². The summed E-state index contributed by atoms with van der Waals surface area (Å²) in [6.45, 7) is 2.06. The highest BCUT2D eigenvalue weighted by Gasteiger charge is 2.16. The van der Waals surface area contributed by atoms with Crippen molar-refractivity contribution in [3.8, 4) is 22.6 Å². The Morgan fingerprint density at radius 3 is 2.18 bits per heavy atom. The molecule has 0 aliphatic carbocycles. The lowest BCUT2D eigenvalue weighted by atomic mass is 9.94. The molecule has 0 atom stereocenters. The summed E-state index contributed by atoms with van der Waals surface area (Å²) < 4.78 is 11.1. The molecule has 0 bridgehead atoms. The summed E-state index contributed by atoms with van der Waals surface area (Å²) in [5.74, 6) is 1.11. The number of hydrogen-bond donors (Lipinski definition) is 1. The van der Waals surface area contributed by atoms with Crippen molar-refractivity contribution in [2.24, 2.45) is 0 Å². The maximum absolute atomic E-state index is 13.4. The average molecular weight is 448 g/mol. The van der Waals surface area contributed by atoms with Crippen LogP contribution in [0.15, 0.2) is 91.0 Å². The third-order valence-electron chi connectivity index (χ3n) is 6.12. The maximum Gasteiger partial charge on any atom is 0.255 e. The number of carbonyl (C=O) groups excluding carboxylic acids is 1. The Kier molecular flexibility index (Phi) is 5.64. The van der Waals surface area contributed by atoms with Gasteiger partial charge in [-0.25, -0.2) is 0 Å². The van der Waals surface area contributed by atoms with Gasteiger partial charge >= 0.3 is 0 Å². The zero-order valence-corrected chi connectivity index (χ0v) is 19.4. The Labute approximate surface area is 198 Å². The first kappa shape index (κ1) is 21.5. The van der Waals surface area contributed by atoms with Crippen LogP contribution in [-0.4, -0.2) is 20.1 Å². The SMILES string of the molecule is COc1cc2cc(C(=O)Nc3cccc4ccccc34)cc(-c3ccc(C)cc3)c2cc1OC. The largest absolute Gasteiger partial charge is 0.493 e. The Morgan fingerprint density at radius 2 is 1.41 bits per heavy atom. The molecule has 0 unspecified atom stereocenters. The molecule has 5 aromatic rings. The minimum atomic E-state index is -0.165. The fourth-order valence-corrected chi connectivity index (χ4v) is 4.32. The summed E-state index contributed by atoms with van der Waals surface area (Å²) in [7, 11) is 3.24. The van der Waals surface area contributed by atoms with Crippen molar-refractivity contribution in [3.05, 3.63) is 102 Å². The summed E-state index contributed by atoms with van der Waals surface area (Å²) in [6.07, 6.45) is 0. The van der Waals surface area contributed by atoms with Crippen molar-refractivity contribution >= 4 is 33.1 Å². The molecule has 168 valence electrons. The normalized spacial score (nSPS) is 10.9. The number of carbonyl (C=O) groups is 1. The first-order valence-corrected chi connectivity index (χ1v) is 11.1. The lowest BCUT2D eigenvalue weighted by molar-refractivity contribution is 0.102. The predicted molar refractivity (Wildman–Crippen MR) is 139 cm³/mol. The summed E-state index contributed by atoms with van der Waals surface area (Å²) in [6, 6.07) is 30.0. The van der Waals surface area contributed by atoms with Crippen molar-refractivity contribution in [3.63, 3.8) is 0 Å². The third-order valence-corrected chi connectivity index (χ3v) is 6.12. The van der Waals surface area contributed by atoms with Gasteiger partial charge in [-0.15, -0.1) is 0 Å². The highest BCUT2D eigenvalue weighted by molar-refractivity contribution is 6.12. The van der Waals surface area contributed by atoms with Crippen LogP contribution in [0.5, 0.6) is 11.5 Å². The topological polar surface area (TPSA) is 47.6 Å². The number of ether oxygens (including phenoxy) is 2. The van der Waals surface area contributed by atoms with E-state index in [1.807, 2.05) is 66.7 Å². The number of benzene rings is 5. The number of methoxy groups -OCH3 is 2. The molecule has 0 saturated heterocycles. The quantitative estimate of drug-likeness (QED) is 0.309. The van der Waals surface area contributed by atoms with Crippen LogP contribution in [0.4, 0.5) is 5.69 Å². The van der Waals surface area contributed by atoms with Gasteiger partial charge in [0, 0.05) is 16.6 Å². The molecule has 1 amide bonds. The van der Waals surface area contributed by atoms with Crippen LogP contribution in [0.25, 0.3) is 32.7 Å². The van der Waals surface area contributed by atoms with Crippen molar-refractivity contribution in [1.29, 1.82) is 0 Å². The van der Waals surface area contributed by atoms with Crippen LogP contribution in [0.3, 0.4) is 0 Å². The third kappa shape index (κ3) is 3.95. The molecule has 5 rings (SSSR count). The van der Waals surface area contributed by atoms with Crippen LogP contribution >= 0.6 is 0 Å². The van der Waals surface area contributed by atoms with Crippen molar-refractivity contribution < 1.29 is 14.3 Å². The van der Waals surface area contributed by atoms with E-state index in [1.54, 1.807) is 14.2 Å². The van der Waals surface area contributed by atoms with Gasteiger partial charge in [0.2, 0.25) is 0 Å². The Hall–Kier alpha value is -4.31. The van der Waals surface area contributed by atoms with Gasteiger partial charge in [-0.05, 0) is 64.5 Å². The van der Waals surface area contributed by atoms with Gasteiger partial charge in [0.25, 0.3) is 5.91 Å². The van der Waals surface area contributed by atoms with E-state index in [2.05, 4.69) is 36.5 Å². The van der Waals surface area contributed by atoms with Gasteiger partial charge in [-0.2, -0.15) is 0 Å². The summed E-state index contributed by atoms with van der Waals surface area (Å²) in [5, 5.41) is 7.08. The van der Waals surface area contributed by atoms with Gasteiger partial charge in [0.1, 0.15) is 0 Å². The molecule has 0 aliphatic heterocycles. The predicted octanol–water partition coefficient (Wildman–Crippen LogP) is 7.24. The minimum Gasteiger partial charge on any atom is -0.493 e. The van der Waals surface area contributed by atoms with Gasteiger partial charge in [0.05, 0.1) is 14.2 Å². The number of aryl methyl sites for hydroxylation is 1. The highest BCUT2D eigenvalue weighted by Crippen LogP contribution is 2.38. The average Bonchev–Trinajstić information content (AvgIpc) is 2.87. The second-order valence-corrected chi connectivity index (χ2v) is 8.30. The number of fused-ring (bicyclic) bond motifs is 2. The van der Waals surface area contributed by atoms with E-state index >= 15 is 0 Å². The number of hydrogen-bond acceptors (Lipinski definition) is 3. The molecule has 0 spiro atoms. The van der Waals surface area contributed by atoms with Crippen molar-refractivity contribution in [2.75, 3.05) is 19.5 Å². The van der Waals surface area contributed by atoms with E-state index in [0.717, 1.165) is 38.4 Å². The fraction of sp³-hybridized carbons (Fsp3) is 0.100. The molecule has 0 saturated carbocycles. The molecule has 0 aliphatic rings. The van der Waals surface area contributed by atoms with Crippen LogP contribution in [-0.2, 0) is 0 Å². The number of nitrogens with one attached hydrogen (secondary N) is 1. The summed E-state index contributed by atoms with van der Waals surface area (Å²) in [5.41, 5.74) is 4.52. The first-order valence-electron chi connectivity index (χ1n) is 11.1. The number of anilines is 1. The van der Waals surface area contributed by atoms with Crippen LogP contribution in [0.2, 0.25) is 0 Å². The van der Waals surface area contributed by atoms with Gasteiger partial charge in [0.15, 0.2) is 11.5 Å². The van der Waals surface area contributed by atoms with Gasteiger partial charge in [-0.3, -0.25) is 4.79 Å². The molecule has 5 aromatic carbocycles. The van der Waals surface area contributed by atoms with E-state index in [0.29, 0.717) is 17.1 Å². The molecular weight excluding hydrogens is 422 g/mol. The highest BCUT2D eigenvalue weighted by atomic mass is 16.5. The second-order valence-electron chi connectivity index (χ2n) is 8.30. The zero-order chi connectivity index (χ0) is 23.7. The first-order chi connectivity index (χ1) is 16.6. The van der Waals surface area contributed by atoms with Crippen LogP contribution in [0, 0.1) is 6.92 Å². The van der Waals surface area contributed by atoms with E-state index in [9.17, 15) is 4.79 Å². The number of amides is 1. The molecular formula is C30H25NO3. The molecule has 0 aromatic heterocycles. The maximum atomic E-state index is 13.4. The minimum absolute atomic E-state index is 0.165.